The number of piperidine rings is 1. The molecule has 5 heteroatoms. The predicted molar refractivity (Wildman–Crippen MR) is 67.2 cm³/mol. The van der Waals surface area contributed by atoms with E-state index in [0.29, 0.717) is 11.8 Å². The second kappa shape index (κ2) is 5.31. The van der Waals surface area contributed by atoms with Crippen molar-refractivity contribution in [2.24, 2.45) is 11.7 Å². The van der Waals surface area contributed by atoms with Crippen LogP contribution < -0.4 is 15.4 Å². The van der Waals surface area contributed by atoms with E-state index < -0.39 is 0 Å². The zero-order chi connectivity index (χ0) is 12.3. The van der Waals surface area contributed by atoms with Gasteiger partial charge in [-0.05, 0) is 25.7 Å². The number of aromatic nitrogens is 2. The van der Waals surface area contributed by atoms with E-state index in [4.69, 9.17) is 10.5 Å². The minimum Gasteiger partial charge on any atom is -0.481 e. The van der Waals surface area contributed by atoms with Crippen molar-refractivity contribution >= 4 is 5.82 Å². The molecule has 94 valence electrons. The van der Waals surface area contributed by atoms with Gasteiger partial charge in [-0.3, -0.25) is 0 Å². The highest BCUT2D eigenvalue weighted by molar-refractivity contribution is 5.41. The monoisotopic (exact) mass is 236 g/mol. The Labute approximate surface area is 102 Å². The Balaban J connectivity index is 2.00. The Hall–Kier alpha value is -1.36. The first-order valence-corrected chi connectivity index (χ1v) is 6.07. The summed E-state index contributed by atoms with van der Waals surface area (Å²) in [4.78, 5) is 10.6. The minimum absolute atomic E-state index is 0.289. The Bertz CT molecular complexity index is 361. The summed E-state index contributed by atoms with van der Waals surface area (Å²) in [5.74, 6) is 2.19. The molecule has 17 heavy (non-hydrogen) atoms. The zero-order valence-corrected chi connectivity index (χ0v) is 10.5. The fourth-order valence-corrected chi connectivity index (χ4v) is 2.27. The summed E-state index contributed by atoms with van der Waals surface area (Å²) in [5.41, 5.74) is 5.93. The van der Waals surface area contributed by atoms with E-state index in [1.807, 2.05) is 6.07 Å². The molecule has 0 aromatic carbocycles. The summed E-state index contributed by atoms with van der Waals surface area (Å²) >= 11 is 0. The largest absolute Gasteiger partial charge is 0.481 e. The van der Waals surface area contributed by atoms with Gasteiger partial charge in [-0.2, -0.15) is 0 Å². The maximum Gasteiger partial charge on any atom is 0.218 e. The van der Waals surface area contributed by atoms with Crippen LogP contribution in [-0.4, -0.2) is 36.2 Å². The highest BCUT2D eigenvalue weighted by Gasteiger charge is 2.22. The third-order valence-electron chi connectivity index (χ3n) is 3.44. The van der Waals surface area contributed by atoms with Crippen LogP contribution in [0.2, 0.25) is 0 Å². The number of rotatable bonds is 3. The van der Waals surface area contributed by atoms with E-state index in [9.17, 15) is 0 Å². The molecule has 1 saturated heterocycles. The summed E-state index contributed by atoms with van der Waals surface area (Å²) in [6, 6.07) is 2.17. The van der Waals surface area contributed by atoms with Gasteiger partial charge in [0.05, 0.1) is 7.11 Å². The van der Waals surface area contributed by atoms with Crippen LogP contribution in [0.3, 0.4) is 0 Å². The average Bonchev–Trinajstić information content (AvgIpc) is 2.39. The van der Waals surface area contributed by atoms with Gasteiger partial charge in [0.25, 0.3) is 0 Å². The van der Waals surface area contributed by atoms with E-state index in [-0.39, 0.29) is 6.04 Å². The van der Waals surface area contributed by atoms with E-state index in [2.05, 4.69) is 21.8 Å². The van der Waals surface area contributed by atoms with Crippen LogP contribution >= 0.6 is 0 Å². The van der Waals surface area contributed by atoms with Gasteiger partial charge in [0, 0.05) is 25.2 Å². The topological polar surface area (TPSA) is 64.3 Å². The number of methoxy groups -OCH3 is 1. The molecule has 2 N–H and O–H groups in total. The number of ether oxygens (including phenoxy) is 1. The lowest BCUT2D eigenvalue weighted by molar-refractivity contribution is 0.352. The SMILES string of the molecule is COc1cc(N2CCC(C(C)N)CC2)ncn1. The molecular formula is C12H20N4O. The summed E-state index contributed by atoms with van der Waals surface area (Å²) < 4.78 is 5.11. The van der Waals surface area contributed by atoms with Crippen molar-refractivity contribution in [3.05, 3.63) is 12.4 Å². The Morgan fingerprint density at radius 2 is 2.12 bits per heavy atom. The van der Waals surface area contributed by atoms with E-state index in [1.54, 1.807) is 13.4 Å². The van der Waals surface area contributed by atoms with Crippen molar-refractivity contribution in [2.45, 2.75) is 25.8 Å². The standard InChI is InChI=1S/C12H20N4O/c1-9(13)10-3-5-16(6-4-10)11-7-12(17-2)15-8-14-11/h7-10H,3-6,13H2,1-2H3. The Kier molecular flexibility index (Phi) is 3.78. The van der Waals surface area contributed by atoms with Crippen molar-refractivity contribution in [1.82, 2.24) is 9.97 Å². The highest BCUT2D eigenvalue weighted by Crippen LogP contribution is 2.24. The third kappa shape index (κ3) is 2.85. The average molecular weight is 236 g/mol. The number of anilines is 1. The van der Waals surface area contributed by atoms with Gasteiger partial charge in [0.2, 0.25) is 5.88 Å². The molecule has 5 nitrogen and oxygen atoms in total. The predicted octanol–water partition coefficient (Wildman–Crippen LogP) is 1.05. The molecular weight excluding hydrogens is 216 g/mol. The molecule has 0 spiro atoms. The molecule has 2 heterocycles. The molecule has 0 amide bonds. The molecule has 1 aliphatic heterocycles. The van der Waals surface area contributed by atoms with Gasteiger partial charge in [-0.25, -0.2) is 9.97 Å². The maximum atomic E-state index is 5.93. The quantitative estimate of drug-likeness (QED) is 0.849. The van der Waals surface area contributed by atoms with Gasteiger partial charge >= 0.3 is 0 Å². The van der Waals surface area contributed by atoms with Crippen molar-refractivity contribution in [2.75, 3.05) is 25.1 Å². The van der Waals surface area contributed by atoms with Crippen LogP contribution in [0.25, 0.3) is 0 Å². The van der Waals surface area contributed by atoms with Crippen LogP contribution in [0.4, 0.5) is 5.82 Å². The normalized spacial score (nSPS) is 19.1. The molecule has 0 radical (unpaired) electrons. The summed E-state index contributed by atoms with van der Waals surface area (Å²) in [6.07, 6.45) is 3.81. The van der Waals surface area contributed by atoms with Gasteiger partial charge < -0.3 is 15.4 Å². The summed E-state index contributed by atoms with van der Waals surface area (Å²) in [6.45, 7) is 4.10. The van der Waals surface area contributed by atoms with E-state index >= 15 is 0 Å². The lowest BCUT2D eigenvalue weighted by Crippen LogP contribution is -2.40. The first-order chi connectivity index (χ1) is 8.20. The third-order valence-corrected chi connectivity index (χ3v) is 3.44. The van der Waals surface area contributed by atoms with E-state index in [1.165, 1.54) is 0 Å². The number of nitrogens with two attached hydrogens (primary N) is 1. The van der Waals surface area contributed by atoms with Crippen molar-refractivity contribution in [3.8, 4) is 5.88 Å². The zero-order valence-electron chi connectivity index (χ0n) is 10.5. The van der Waals surface area contributed by atoms with Crippen molar-refractivity contribution in [3.63, 3.8) is 0 Å². The molecule has 0 aliphatic carbocycles. The highest BCUT2D eigenvalue weighted by atomic mass is 16.5. The molecule has 1 atom stereocenters. The number of nitrogens with zero attached hydrogens (tertiary/aromatic N) is 3. The van der Waals surface area contributed by atoms with Crippen LogP contribution in [0.15, 0.2) is 12.4 Å². The van der Waals surface area contributed by atoms with Gasteiger partial charge in [-0.1, -0.05) is 0 Å². The molecule has 1 aliphatic rings. The fourth-order valence-electron chi connectivity index (χ4n) is 2.27. The maximum absolute atomic E-state index is 5.93. The first kappa shape index (κ1) is 12.1. The molecule has 1 fully saturated rings. The molecule has 1 aromatic heterocycles. The van der Waals surface area contributed by atoms with Crippen LogP contribution in [-0.2, 0) is 0 Å². The van der Waals surface area contributed by atoms with Crippen LogP contribution in [0, 0.1) is 5.92 Å². The second-order valence-electron chi connectivity index (χ2n) is 4.60. The molecule has 0 saturated carbocycles. The fraction of sp³-hybridized carbons (Fsp3) is 0.667. The lowest BCUT2D eigenvalue weighted by atomic mass is 9.91. The lowest BCUT2D eigenvalue weighted by Gasteiger charge is -2.34. The van der Waals surface area contributed by atoms with Gasteiger partial charge in [0.1, 0.15) is 12.1 Å². The second-order valence-corrected chi connectivity index (χ2v) is 4.60. The minimum atomic E-state index is 0.289. The summed E-state index contributed by atoms with van der Waals surface area (Å²) in [5, 5.41) is 0. The molecule has 0 bridgehead atoms. The van der Waals surface area contributed by atoms with Crippen molar-refractivity contribution < 1.29 is 4.74 Å². The number of hydrogen-bond donors (Lipinski definition) is 1. The smallest absolute Gasteiger partial charge is 0.218 e. The van der Waals surface area contributed by atoms with Crippen molar-refractivity contribution in [1.29, 1.82) is 0 Å². The van der Waals surface area contributed by atoms with Crippen LogP contribution in [0.1, 0.15) is 19.8 Å². The molecule has 1 aromatic rings. The Morgan fingerprint density at radius 1 is 1.41 bits per heavy atom. The Morgan fingerprint density at radius 3 is 2.71 bits per heavy atom. The number of hydrogen-bond acceptors (Lipinski definition) is 5. The summed E-state index contributed by atoms with van der Waals surface area (Å²) in [7, 11) is 1.62. The van der Waals surface area contributed by atoms with E-state index in [0.717, 1.165) is 31.7 Å². The van der Waals surface area contributed by atoms with Gasteiger partial charge in [-0.15, -0.1) is 0 Å². The molecule has 1 unspecified atom stereocenters. The van der Waals surface area contributed by atoms with Gasteiger partial charge in [0.15, 0.2) is 0 Å². The van der Waals surface area contributed by atoms with Crippen LogP contribution in [0.5, 0.6) is 5.88 Å². The first-order valence-electron chi connectivity index (χ1n) is 6.07. The molecule has 2 rings (SSSR count).